The number of carbonyl (C=O) groups is 2. The van der Waals surface area contributed by atoms with Crippen LogP contribution < -0.4 is 0 Å². The number of carboxylic acid groups (broad SMARTS) is 1. The quantitative estimate of drug-likeness (QED) is 0.940. The fourth-order valence-corrected chi connectivity index (χ4v) is 3.97. The van der Waals surface area contributed by atoms with Crippen LogP contribution in [0.5, 0.6) is 0 Å². The van der Waals surface area contributed by atoms with Gasteiger partial charge in [-0.25, -0.2) is 9.78 Å². The maximum Gasteiger partial charge on any atom is 0.326 e. The molecule has 1 fully saturated rings. The number of nitrogens with zero attached hydrogens (tertiary/aromatic N) is 2. The van der Waals surface area contributed by atoms with Crippen molar-refractivity contribution in [3.05, 3.63) is 51.5 Å². The summed E-state index contributed by atoms with van der Waals surface area (Å²) in [5.74, 6) is -0.751. The van der Waals surface area contributed by atoms with E-state index in [0.717, 1.165) is 29.0 Å². The van der Waals surface area contributed by atoms with Crippen LogP contribution in [0.1, 0.15) is 45.4 Å². The van der Waals surface area contributed by atoms with Gasteiger partial charge in [-0.3, -0.25) is 4.79 Å². The first-order valence-electron chi connectivity index (χ1n) is 7.69. The van der Waals surface area contributed by atoms with Crippen molar-refractivity contribution >= 4 is 23.2 Å². The second kappa shape index (κ2) is 5.45. The average Bonchev–Trinajstić information content (AvgIpc) is 3.30. The van der Waals surface area contributed by atoms with Gasteiger partial charge in [-0.2, -0.15) is 0 Å². The number of carbonyl (C=O) groups excluding carboxylic acids is 1. The molecule has 1 aromatic heterocycles. The van der Waals surface area contributed by atoms with Crippen LogP contribution in [0.4, 0.5) is 0 Å². The lowest BCUT2D eigenvalue weighted by Gasteiger charge is -2.34. The third-order valence-electron chi connectivity index (χ3n) is 4.46. The van der Waals surface area contributed by atoms with Crippen molar-refractivity contribution in [2.24, 2.45) is 0 Å². The van der Waals surface area contributed by atoms with Crippen LogP contribution in [0.25, 0.3) is 0 Å². The maximum atomic E-state index is 12.8. The van der Waals surface area contributed by atoms with Crippen molar-refractivity contribution in [2.45, 2.75) is 37.8 Å². The number of aliphatic carboxylic acids is 1. The van der Waals surface area contributed by atoms with Gasteiger partial charge in [-0.05, 0) is 24.0 Å². The minimum atomic E-state index is -0.967. The predicted molar refractivity (Wildman–Crippen MR) is 85.5 cm³/mol. The van der Waals surface area contributed by atoms with Gasteiger partial charge in [-0.1, -0.05) is 24.3 Å². The van der Waals surface area contributed by atoms with Crippen LogP contribution in [-0.4, -0.2) is 32.9 Å². The van der Waals surface area contributed by atoms with E-state index < -0.39 is 12.0 Å². The molecule has 2 heterocycles. The molecule has 1 aromatic carbocycles. The van der Waals surface area contributed by atoms with Crippen LogP contribution >= 0.6 is 11.3 Å². The van der Waals surface area contributed by atoms with Gasteiger partial charge >= 0.3 is 5.97 Å². The zero-order chi connectivity index (χ0) is 16.0. The number of rotatable bonds is 3. The molecule has 4 rings (SSSR count). The fraction of sp³-hybridized carbons (Fsp3) is 0.353. The zero-order valence-corrected chi connectivity index (χ0v) is 13.3. The molecule has 5 nitrogen and oxygen atoms in total. The number of amides is 1. The summed E-state index contributed by atoms with van der Waals surface area (Å²) in [6.07, 6.45) is 2.61. The molecule has 1 amide bonds. The Kier molecular flexibility index (Phi) is 3.41. The summed E-state index contributed by atoms with van der Waals surface area (Å²) in [6.45, 7) is 0.322. The molecule has 2 aliphatic rings. The topological polar surface area (TPSA) is 70.5 Å². The highest BCUT2D eigenvalue weighted by Gasteiger charge is 2.36. The second-order valence-corrected chi connectivity index (χ2v) is 6.99. The van der Waals surface area contributed by atoms with Crippen molar-refractivity contribution in [1.82, 2.24) is 9.88 Å². The zero-order valence-electron chi connectivity index (χ0n) is 12.4. The molecular formula is C17H16N2O3S. The molecule has 23 heavy (non-hydrogen) atoms. The molecular weight excluding hydrogens is 312 g/mol. The lowest BCUT2D eigenvalue weighted by molar-refractivity contribution is -0.142. The van der Waals surface area contributed by atoms with Crippen molar-refractivity contribution in [3.8, 4) is 0 Å². The molecule has 1 N–H and O–H groups in total. The molecule has 6 heteroatoms. The lowest BCUT2D eigenvalue weighted by Crippen LogP contribution is -2.48. The summed E-state index contributed by atoms with van der Waals surface area (Å²) in [5, 5.41) is 12.3. The number of aromatic nitrogens is 1. The standard InChI is InChI=1S/C17H16N2O3S/c20-16(13-9-23-15(18-13)10-5-6-10)19-8-12-4-2-1-3-11(12)7-14(19)17(21)22/h1-4,9-10,14H,5-8H2,(H,21,22)/t14-/m1/s1. The van der Waals surface area contributed by atoms with E-state index in [2.05, 4.69) is 4.98 Å². The van der Waals surface area contributed by atoms with Gasteiger partial charge < -0.3 is 10.0 Å². The summed E-state index contributed by atoms with van der Waals surface area (Å²) in [5.41, 5.74) is 2.39. The minimum Gasteiger partial charge on any atom is -0.480 e. The molecule has 1 aliphatic heterocycles. The van der Waals surface area contributed by atoms with Crippen LogP contribution in [0.3, 0.4) is 0 Å². The summed E-state index contributed by atoms with van der Waals surface area (Å²) in [7, 11) is 0. The smallest absolute Gasteiger partial charge is 0.326 e. The Morgan fingerprint density at radius 2 is 1.96 bits per heavy atom. The molecule has 0 radical (unpaired) electrons. The van der Waals surface area contributed by atoms with Gasteiger partial charge in [0.25, 0.3) is 5.91 Å². The molecule has 1 aliphatic carbocycles. The highest BCUT2D eigenvalue weighted by atomic mass is 32.1. The lowest BCUT2D eigenvalue weighted by atomic mass is 9.94. The van der Waals surface area contributed by atoms with Crippen molar-refractivity contribution in [3.63, 3.8) is 0 Å². The maximum absolute atomic E-state index is 12.8. The first-order chi connectivity index (χ1) is 11.1. The van der Waals surface area contributed by atoms with E-state index in [9.17, 15) is 14.7 Å². The summed E-state index contributed by atoms with van der Waals surface area (Å²) >= 11 is 1.50. The predicted octanol–water partition coefficient (Wildman–Crippen LogP) is 2.67. The third kappa shape index (κ3) is 2.63. The van der Waals surface area contributed by atoms with Crippen LogP contribution in [0, 0.1) is 0 Å². The van der Waals surface area contributed by atoms with Crippen LogP contribution in [0.15, 0.2) is 29.6 Å². The van der Waals surface area contributed by atoms with E-state index in [1.54, 1.807) is 5.38 Å². The number of carboxylic acids is 1. The summed E-state index contributed by atoms with van der Waals surface area (Å²) in [4.78, 5) is 30.3. The van der Waals surface area contributed by atoms with Gasteiger partial charge in [0.2, 0.25) is 0 Å². The molecule has 0 bridgehead atoms. The monoisotopic (exact) mass is 328 g/mol. The van der Waals surface area contributed by atoms with E-state index in [1.165, 1.54) is 16.2 Å². The van der Waals surface area contributed by atoms with Crippen molar-refractivity contribution < 1.29 is 14.7 Å². The second-order valence-electron chi connectivity index (χ2n) is 6.11. The van der Waals surface area contributed by atoms with E-state index in [4.69, 9.17) is 0 Å². The molecule has 0 unspecified atom stereocenters. The Morgan fingerprint density at radius 3 is 2.65 bits per heavy atom. The Bertz CT molecular complexity index is 782. The number of benzene rings is 1. The van der Waals surface area contributed by atoms with Gasteiger partial charge in [0.1, 0.15) is 11.7 Å². The Hall–Kier alpha value is -2.21. The highest BCUT2D eigenvalue weighted by molar-refractivity contribution is 7.10. The Labute approximate surface area is 137 Å². The van der Waals surface area contributed by atoms with Crippen molar-refractivity contribution in [1.29, 1.82) is 0 Å². The van der Waals surface area contributed by atoms with E-state index >= 15 is 0 Å². The molecule has 1 atom stereocenters. The minimum absolute atomic E-state index is 0.282. The average molecular weight is 328 g/mol. The Balaban J connectivity index is 1.64. The van der Waals surface area contributed by atoms with Gasteiger partial charge in [-0.15, -0.1) is 11.3 Å². The summed E-state index contributed by atoms with van der Waals surface area (Å²) < 4.78 is 0. The third-order valence-corrected chi connectivity index (χ3v) is 5.47. The summed E-state index contributed by atoms with van der Waals surface area (Å²) in [6, 6.07) is 6.86. The van der Waals surface area contributed by atoms with E-state index in [-0.39, 0.29) is 5.91 Å². The SMILES string of the molecule is O=C(O)[C@H]1Cc2ccccc2CN1C(=O)c1csc(C2CC2)n1. The van der Waals surface area contributed by atoms with Crippen LogP contribution in [-0.2, 0) is 17.8 Å². The molecule has 2 aromatic rings. The Morgan fingerprint density at radius 1 is 1.22 bits per heavy atom. The number of hydrogen-bond acceptors (Lipinski definition) is 4. The van der Waals surface area contributed by atoms with Crippen LogP contribution in [0.2, 0.25) is 0 Å². The molecule has 0 spiro atoms. The van der Waals surface area contributed by atoms with E-state index in [1.807, 2.05) is 24.3 Å². The highest BCUT2D eigenvalue weighted by Crippen LogP contribution is 2.41. The number of thiazole rings is 1. The fourth-order valence-electron chi connectivity index (χ4n) is 3.01. The number of fused-ring (bicyclic) bond motifs is 1. The normalized spacial score (nSPS) is 20.2. The van der Waals surface area contributed by atoms with Crippen molar-refractivity contribution in [2.75, 3.05) is 0 Å². The van der Waals surface area contributed by atoms with Gasteiger partial charge in [0, 0.05) is 24.3 Å². The van der Waals surface area contributed by atoms with E-state index in [0.29, 0.717) is 24.6 Å². The van der Waals surface area contributed by atoms with Gasteiger partial charge in [0.05, 0.1) is 5.01 Å². The largest absolute Gasteiger partial charge is 0.480 e. The molecule has 118 valence electrons. The number of hydrogen-bond donors (Lipinski definition) is 1. The molecule has 1 saturated carbocycles. The first-order valence-corrected chi connectivity index (χ1v) is 8.57. The van der Waals surface area contributed by atoms with Gasteiger partial charge in [0.15, 0.2) is 0 Å². The molecule has 0 saturated heterocycles. The first kappa shape index (κ1) is 14.4.